The summed E-state index contributed by atoms with van der Waals surface area (Å²) in [5, 5.41) is 19.3. The van der Waals surface area contributed by atoms with Gasteiger partial charge in [0.05, 0.1) is 13.7 Å². The molecule has 4 nitrogen and oxygen atoms in total. The topological polar surface area (TPSA) is 52.9 Å². The van der Waals surface area contributed by atoms with Gasteiger partial charge in [-0.25, -0.2) is 8.78 Å². The number of likely N-dealkylation sites (tertiary alicyclic amines) is 1. The van der Waals surface area contributed by atoms with Crippen molar-refractivity contribution in [3.8, 4) is 5.75 Å². The molecule has 2 rings (SSSR count). The van der Waals surface area contributed by atoms with Gasteiger partial charge in [0.25, 0.3) is 0 Å². The molecule has 6 heteroatoms. The van der Waals surface area contributed by atoms with E-state index in [1.165, 1.54) is 13.2 Å². The van der Waals surface area contributed by atoms with Crippen LogP contribution in [0, 0.1) is 11.6 Å². The molecule has 0 radical (unpaired) electrons. The fourth-order valence-electron chi connectivity index (χ4n) is 2.61. The van der Waals surface area contributed by atoms with Gasteiger partial charge in [-0.05, 0) is 31.5 Å². The minimum absolute atomic E-state index is 0.134. The second-order valence-corrected chi connectivity index (χ2v) is 5.24. The van der Waals surface area contributed by atoms with E-state index in [1.54, 1.807) is 4.90 Å². The molecule has 1 saturated heterocycles. The third-order valence-corrected chi connectivity index (χ3v) is 3.68. The lowest BCUT2D eigenvalue weighted by atomic mass is 9.93. The molecule has 112 valence electrons. The molecule has 0 spiro atoms. The second kappa shape index (κ2) is 6.03. The van der Waals surface area contributed by atoms with Crippen LogP contribution in [-0.2, 0) is 6.54 Å². The molecule has 2 N–H and O–H groups in total. The molecule has 1 aliphatic heterocycles. The van der Waals surface area contributed by atoms with Crippen molar-refractivity contribution in [1.82, 2.24) is 4.90 Å². The number of nitrogens with zero attached hydrogens (tertiary/aromatic N) is 1. The van der Waals surface area contributed by atoms with E-state index in [0.29, 0.717) is 19.4 Å². The second-order valence-electron chi connectivity index (χ2n) is 5.24. The van der Waals surface area contributed by atoms with Crippen LogP contribution in [0.5, 0.6) is 5.75 Å². The molecule has 0 aromatic heterocycles. The van der Waals surface area contributed by atoms with Crippen LogP contribution in [0.25, 0.3) is 0 Å². The molecule has 0 unspecified atom stereocenters. The molecule has 1 aromatic rings. The van der Waals surface area contributed by atoms with E-state index in [-0.39, 0.29) is 31.0 Å². The van der Waals surface area contributed by atoms with Gasteiger partial charge in [-0.3, -0.25) is 4.90 Å². The fourth-order valence-corrected chi connectivity index (χ4v) is 2.61. The summed E-state index contributed by atoms with van der Waals surface area (Å²) in [5.41, 5.74) is -1.04. The number of piperidine rings is 1. The molecule has 1 aliphatic rings. The summed E-state index contributed by atoms with van der Waals surface area (Å²) in [6.07, 6.45) is 1.19. The van der Waals surface area contributed by atoms with Gasteiger partial charge < -0.3 is 14.9 Å². The third kappa shape index (κ3) is 3.08. The van der Waals surface area contributed by atoms with Crippen LogP contribution in [0.1, 0.15) is 18.4 Å². The first-order chi connectivity index (χ1) is 9.49. The van der Waals surface area contributed by atoms with Gasteiger partial charge in [0.2, 0.25) is 0 Å². The van der Waals surface area contributed by atoms with Crippen LogP contribution in [0.4, 0.5) is 8.78 Å². The van der Waals surface area contributed by atoms with Crippen LogP contribution in [0.15, 0.2) is 12.1 Å². The standard InChI is InChI=1S/C14H19F2NO3/c1-20-12-4-3-11(15)13(16)10(12)7-17-6-2-5-14(19,8-17)9-18/h3-4,18-19H,2,5-9H2,1H3/t14-/m1/s1. The number of ether oxygens (including phenoxy) is 1. The largest absolute Gasteiger partial charge is 0.496 e. The third-order valence-electron chi connectivity index (χ3n) is 3.68. The monoisotopic (exact) mass is 287 g/mol. The summed E-state index contributed by atoms with van der Waals surface area (Å²) in [7, 11) is 1.40. The summed E-state index contributed by atoms with van der Waals surface area (Å²) >= 11 is 0. The van der Waals surface area contributed by atoms with Crippen LogP contribution < -0.4 is 4.74 Å². The van der Waals surface area contributed by atoms with Gasteiger partial charge in [-0.2, -0.15) is 0 Å². The van der Waals surface area contributed by atoms with Crippen molar-refractivity contribution < 1.29 is 23.7 Å². The molecule has 1 heterocycles. The van der Waals surface area contributed by atoms with E-state index in [1.807, 2.05) is 0 Å². The van der Waals surface area contributed by atoms with Gasteiger partial charge >= 0.3 is 0 Å². The molecule has 0 amide bonds. The Hall–Kier alpha value is -1.24. The lowest BCUT2D eigenvalue weighted by Crippen LogP contribution is -2.50. The fraction of sp³-hybridized carbons (Fsp3) is 0.571. The molecular formula is C14H19F2NO3. The van der Waals surface area contributed by atoms with E-state index in [9.17, 15) is 19.0 Å². The molecule has 0 bridgehead atoms. The quantitative estimate of drug-likeness (QED) is 0.876. The molecule has 1 atom stereocenters. The van der Waals surface area contributed by atoms with Gasteiger partial charge in [0, 0.05) is 18.7 Å². The Morgan fingerprint density at radius 2 is 2.15 bits per heavy atom. The van der Waals surface area contributed by atoms with Crippen LogP contribution in [0.2, 0.25) is 0 Å². The molecule has 20 heavy (non-hydrogen) atoms. The highest BCUT2D eigenvalue weighted by Crippen LogP contribution is 2.28. The number of methoxy groups -OCH3 is 1. The zero-order chi connectivity index (χ0) is 14.8. The Labute approximate surface area is 116 Å². The lowest BCUT2D eigenvalue weighted by molar-refractivity contribution is -0.0690. The van der Waals surface area contributed by atoms with E-state index >= 15 is 0 Å². The smallest absolute Gasteiger partial charge is 0.167 e. The molecule has 1 fully saturated rings. The Balaban J connectivity index is 2.19. The van der Waals surface area contributed by atoms with Crippen molar-refractivity contribution in [2.75, 3.05) is 26.8 Å². The number of β-amino-alcohol motifs (C(OH)–C–C–N with tert-alkyl or cyclic N) is 1. The maximum Gasteiger partial charge on any atom is 0.167 e. The maximum absolute atomic E-state index is 13.9. The van der Waals surface area contributed by atoms with E-state index < -0.39 is 17.2 Å². The average molecular weight is 287 g/mol. The Kier molecular flexibility index (Phi) is 4.57. The van der Waals surface area contributed by atoms with Crippen molar-refractivity contribution in [1.29, 1.82) is 0 Å². The Bertz CT molecular complexity index is 484. The van der Waals surface area contributed by atoms with Crippen molar-refractivity contribution >= 4 is 0 Å². The zero-order valence-electron chi connectivity index (χ0n) is 11.4. The summed E-state index contributed by atoms with van der Waals surface area (Å²) in [5.74, 6) is -1.57. The highest BCUT2D eigenvalue weighted by molar-refractivity contribution is 5.35. The van der Waals surface area contributed by atoms with E-state index in [0.717, 1.165) is 6.07 Å². The summed E-state index contributed by atoms with van der Waals surface area (Å²) in [6.45, 7) is 0.672. The first-order valence-electron chi connectivity index (χ1n) is 6.55. The minimum atomic E-state index is -1.17. The number of aliphatic hydroxyl groups excluding tert-OH is 1. The van der Waals surface area contributed by atoms with Gasteiger partial charge in [0.15, 0.2) is 11.6 Å². The van der Waals surface area contributed by atoms with E-state index in [4.69, 9.17) is 4.74 Å². The number of aliphatic hydroxyl groups is 2. The molecule has 1 aromatic carbocycles. The molecule has 0 saturated carbocycles. The van der Waals surface area contributed by atoms with Crippen LogP contribution in [0.3, 0.4) is 0 Å². The SMILES string of the molecule is COc1ccc(F)c(F)c1CN1CCC[C@](O)(CO)C1. The number of benzene rings is 1. The van der Waals surface area contributed by atoms with Crippen molar-refractivity contribution in [3.05, 3.63) is 29.3 Å². The number of hydrogen-bond acceptors (Lipinski definition) is 4. The van der Waals surface area contributed by atoms with E-state index in [2.05, 4.69) is 0 Å². The van der Waals surface area contributed by atoms with Crippen molar-refractivity contribution in [3.63, 3.8) is 0 Å². The summed E-state index contributed by atoms with van der Waals surface area (Å²) < 4.78 is 32.3. The Morgan fingerprint density at radius 1 is 1.40 bits per heavy atom. The Morgan fingerprint density at radius 3 is 2.80 bits per heavy atom. The van der Waals surface area contributed by atoms with Gasteiger partial charge in [-0.15, -0.1) is 0 Å². The first kappa shape index (κ1) is 15.2. The molecular weight excluding hydrogens is 268 g/mol. The lowest BCUT2D eigenvalue weighted by Gasteiger charge is -2.38. The highest BCUT2D eigenvalue weighted by atomic mass is 19.2. The van der Waals surface area contributed by atoms with Crippen molar-refractivity contribution in [2.24, 2.45) is 0 Å². The predicted molar refractivity (Wildman–Crippen MR) is 69.5 cm³/mol. The number of hydrogen-bond donors (Lipinski definition) is 2. The minimum Gasteiger partial charge on any atom is -0.496 e. The van der Waals surface area contributed by atoms with Gasteiger partial charge in [0.1, 0.15) is 11.4 Å². The van der Waals surface area contributed by atoms with Crippen LogP contribution >= 0.6 is 0 Å². The number of rotatable bonds is 4. The van der Waals surface area contributed by atoms with Gasteiger partial charge in [-0.1, -0.05) is 0 Å². The maximum atomic E-state index is 13.9. The highest BCUT2D eigenvalue weighted by Gasteiger charge is 2.33. The zero-order valence-corrected chi connectivity index (χ0v) is 11.4. The normalized spacial score (nSPS) is 23.9. The van der Waals surface area contributed by atoms with Crippen LogP contribution in [-0.4, -0.2) is 47.5 Å². The molecule has 0 aliphatic carbocycles. The summed E-state index contributed by atoms with van der Waals surface area (Å²) in [4.78, 5) is 1.79. The predicted octanol–water partition coefficient (Wildman–Crippen LogP) is 1.29. The first-order valence-corrected chi connectivity index (χ1v) is 6.55. The summed E-state index contributed by atoms with van der Waals surface area (Å²) in [6, 6.07) is 2.41. The average Bonchev–Trinajstić information content (AvgIpc) is 2.44. The number of halogens is 2. The van der Waals surface area contributed by atoms with Crippen molar-refractivity contribution in [2.45, 2.75) is 25.0 Å².